The summed E-state index contributed by atoms with van der Waals surface area (Å²) >= 11 is 5.88. The fourth-order valence-electron chi connectivity index (χ4n) is 2.07. The van der Waals surface area contributed by atoms with Crippen molar-refractivity contribution in [2.24, 2.45) is 7.05 Å². The number of ketones is 1. The third-order valence-electron chi connectivity index (χ3n) is 3.14. The lowest BCUT2D eigenvalue weighted by molar-refractivity contribution is 0.103. The van der Waals surface area contributed by atoms with Gasteiger partial charge < -0.3 is 4.42 Å². The molecule has 0 bridgehead atoms. The number of hydrogen-bond donors (Lipinski definition) is 0. The van der Waals surface area contributed by atoms with Gasteiger partial charge in [-0.25, -0.2) is 4.79 Å². The smallest absolute Gasteiger partial charge is 0.408 e. The van der Waals surface area contributed by atoms with Crippen LogP contribution in [0, 0.1) is 0 Å². The Bertz CT molecular complexity index is 876. The average Bonchev–Trinajstić information content (AvgIpc) is 2.73. The Morgan fingerprint density at radius 1 is 1.15 bits per heavy atom. The van der Waals surface area contributed by atoms with Gasteiger partial charge in [-0.2, -0.15) is 0 Å². The highest BCUT2D eigenvalue weighted by atomic mass is 35.5. The van der Waals surface area contributed by atoms with Gasteiger partial charge in [-0.15, -0.1) is 0 Å². The van der Waals surface area contributed by atoms with E-state index in [2.05, 4.69) is 0 Å². The van der Waals surface area contributed by atoms with Gasteiger partial charge in [-0.05, 0) is 30.3 Å². The Hall–Kier alpha value is -2.33. The van der Waals surface area contributed by atoms with Gasteiger partial charge in [0.2, 0.25) is 0 Å². The molecule has 0 unspecified atom stereocenters. The highest BCUT2D eigenvalue weighted by Crippen LogP contribution is 2.19. The molecule has 0 amide bonds. The van der Waals surface area contributed by atoms with Crippen LogP contribution in [0.15, 0.2) is 51.7 Å². The van der Waals surface area contributed by atoms with Crippen LogP contribution in [0.4, 0.5) is 0 Å². The van der Waals surface area contributed by atoms with Crippen LogP contribution in [0.3, 0.4) is 0 Å². The monoisotopic (exact) mass is 287 g/mol. The van der Waals surface area contributed by atoms with Gasteiger partial charge in [0.25, 0.3) is 0 Å². The Labute approximate surface area is 119 Å². The van der Waals surface area contributed by atoms with E-state index in [9.17, 15) is 9.59 Å². The number of halogens is 1. The molecule has 0 fully saturated rings. The third kappa shape index (κ3) is 2.04. The number of nitrogens with zero attached hydrogens (tertiary/aromatic N) is 1. The van der Waals surface area contributed by atoms with Crippen LogP contribution in [-0.2, 0) is 7.05 Å². The highest BCUT2D eigenvalue weighted by Gasteiger charge is 2.13. The largest absolute Gasteiger partial charge is 0.419 e. The predicted octanol–water partition coefficient (Wildman–Crippen LogP) is 3.02. The molecule has 3 rings (SSSR count). The molecule has 0 atom stereocenters. The lowest BCUT2D eigenvalue weighted by atomic mass is 10.0. The van der Waals surface area contributed by atoms with Crippen molar-refractivity contribution < 1.29 is 9.21 Å². The number of oxazole rings is 1. The van der Waals surface area contributed by atoms with Gasteiger partial charge in [-0.1, -0.05) is 23.7 Å². The molecule has 2 aromatic carbocycles. The van der Waals surface area contributed by atoms with Gasteiger partial charge in [0.05, 0.1) is 5.52 Å². The van der Waals surface area contributed by atoms with Gasteiger partial charge >= 0.3 is 5.76 Å². The summed E-state index contributed by atoms with van der Waals surface area (Å²) in [6.45, 7) is 0. The second-order valence-corrected chi connectivity index (χ2v) is 4.89. The van der Waals surface area contributed by atoms with E-state index in [-0.39, 0.29) is 5.78 Å². The van der Waals surface area contributed by atoms with E-state index < -0.39 is 5.76 Å². The number of fused-ring (bicyclic) bond motifs is 1. The quantitative estimate of drug-likeness (QED) is 0.681. The molecule has 0 spiro atoms. The fraction of sp³-hybridized carbons (Fsp3) is 0.0667. The van der Waals surface area contributed by atoms with E-state index in [0.29, 0.717) is 27.2 Å². The highest BCUT2D eigenvalue weighted by molar-refractivity contribution is 6.31. The topological polar surface area (TPSA) is 52.2 Å². The second-order valence-electron chi connectivity index (χ2n) is 4.45. The number of benzene rings is 2. The van der Waals surface area contributed by atoms with Crippen LogP contribution >= 0.6 is 11.6 Å². The minimum absolute atomic E-state index is 0.166. The maximum atomic E-state index is 12.3. The van der Waals surface area contributed by atoms with Crippen molar-refractivity contribution in [3.63, 3.8) is 0 Å². The van der Waals surface area contributed by atoms with Crippen molar-refractivity contribution in [2.75, 3.05) is 0 Å². The first kappa shape index (κ1) is 12.7. The molecular formula is C15H10ClNO3. The molecule has 4 nitrogen and oxygen atoms in total. The van der Waals surface area contributed by atoms with E-state index in [1.54, 1.807) is 49.5 Å². The van der Waals surface area contributed by atoms with Crippen molar-refractivity contribution >= 4 is 28.5 Å². The van der Waals surface area contributed by atoms with E-state index in [0.717, 1.165) is 0 Å². The molecule has 3 aromatic rings. The zero-order chi connectivity index (χ0) is 14.3. The molecule has 0 radical (unpaired) electrons. The summed E-state index contributed by atoms with van der Waals surface area (Å²) in [5.41, 5.74) is 1.99. The zero-order valence-electron chi connectivity index (χ0n) is 10.6. The molecule has 0 saturated heterocycles. The standard InChI is InChI=1S/C15H10ClNO3/c1-17-12-6-5-10(8-13(12)20-15(17)19)14(18)9-3-2-4-11(16)7-9/h2-8H,1H3. The molecule has 5 heteroatoms. The average molecular weight is 288 g/mol. The lowest BCUT2D eigenvalue weighted by Crippen LogP contribution is -2.08. The van der Waals surface area contributed by atoms with Crippen LogP contribution in [0.1, 0.15) is 15.9 Å². The zero-order valence-corrected chi connectivity index (χ0v) is 11.3. The van der Waals surface area contributed by atoms with Crippen molar-refractivity contribution in [2.45, 2.75) is 0 Å². The number of aromatic nitrogens is 1. The summed E-state index contributed by atoms with van der Waals surface area (Å²) in [5.74, 6) is -0.617. The molecule has 0 aliphatic rings. The van der Waals surface area contributed by atoms with Gasteiger partial charge in [0, 0.05) is 23.2 Å². The number of rotatable bonds is 2. The van der Waals surface area contributed by atoms with Crippen LogP contribution in [0.2, 0.25) is 5.02 Å². The summed E-state index contributed by atoms with van der Waals surface area (Å²) in [5, 5.41) is 0.503. The van der Waals surface area contributed by atoms with Crippen LogP contribution in [-0.4, -0.2) is 10.4 Å². The van der Waals surface area contributed by atoms with Crippen LogP contribution in [0.25, 0.3) is 11.1 Å². The number of carbonyl (C=O) groups is 1. The van der Waals surface area contributed by atoms with Crippen molar-refractivity contribution in [3.8, 4) is 0 Å². The minimum atomic E-state index is -0.452. The van der Waals surface area contributed by atoms with Crippen molar-refractivity contribution in [3.05, 3.63) is 69.2 Å². The fourth-order valence-corrected chi connectivity index (χ4v) is 2.26. The molecule has 0 aliphatic carbocycles. The number of carbonyl (C=O) groups excluding carboxylic acids is 1. The first-order valence-corrected chi connectivity index (χ1v) is 6.34. The van der Waals surface area contributed by atoms with Gasteiger partial charge in [0.15, 0.2) is 11.4 Å². The first-order valence-electron chi connectivity index (χ1n) is 5.96. The summed E-state index contributed by atoms with van der Waals surface area (Å²) < 4.78 is 6.47. The normalized spacial score (nSPS) is 10.9. The van der Waals surface area contributed by atoms with Crippen LogP contribution in [0.5, 0.6) is 0 Å². The second kappa shape index (κ2) is 4.65. The summed E-state index contributed by atoms with van der Waals surface area (Å²) in [6, 6.07) is 11.7. The summed E-state index contributed by atoms with van der Waals surface area (Å²) in [7, 11) is 1.62. The molecule has 20 heavy (non-hydrogen) atoms. The maximum absolute atomic E-state index is 12.3. The van der Waals surface area contributed by atoms with Crippen LogP contribution < -0.4 is 5.76 Å². The predicted molar refractivity (Wildman–Crippen MR) is 76.3 cm³/mol. The van der Waals surface area contributed by atoms with Gasteiger partial charge in [0.1, 0.15) is 0 Å². The molecule has 1 heterocycles. The molecule has 0 aliphatic heterocycles. The third-order valence-corrected chi connectivity index (χ3v) is 3.38. The first-order chi connectivity index (χ1) is 9.56. The number of hydrogen-bond acceptors (Lipinski definition) is 3. The molecular weight excluding hydrogens is 278 g/mol. The minimum Gasteiger partial charge on any atom is -0.408 e. The van der Waals surface area contributed by atoms with E-state index >= 15 is 0 Å². The lowest BCUT2D eigenvalue weighted by Gasteiger charge is -2.02. The van der Waals surface area contributed by atoms with E-state index in [1.165, 1.54) is 4.57 Å². The number of aryl methyl sites for hydroxylation is 1. The molecule has 0 N–H and O–H groups in total. The molecule has 100 valence electrons. The Kier molecular flexibility index (Phi) is 2.95. The van der Waals surface area contributed by atoms with Gasteiger partial charge in [-0.3, -0.25) is 9.36 Å². The Balaban J connectivity index is 2.10. The molecule has 0 saturated carbocycles. The maximum Gasteiger partial charge on any atom is 0.419 e. The molecule has 1 aromatic heterocycles. The van der Waals surface area contributed by atoms with E-state index in [4.69, 9.17) is 16.0 Å². The Morgan fingerprint density at radius 3 is 2.65 bits per heavy atom. The SMILES string of the molecule is Cn1c(=O)oc2cc(C(=O)c3cccc(Cl)c3)ccc21. The van der Waals surface area contributed by atoms with E-state index in [1.807, 2.05) is 0 Å². The Morgan fingerprint density at radius 2 is 1.90 bits per heavy atom. The van der Waals surface area contributed by atoms with Crippen molar-refractivity contribution in [1.82, 2.24) is 4.57 Å². The summed E-state index contributed by atoms with van der Waals surface area (Å²) in [4.78, 5) is 23.8. The summed E-state index contributed by atoms with van der Waals surface area (Å²) in [6.07, 6.45) is 0. The van der Waals surface area contributed by atoms with Crippen molar-refractivity contribution in [1.29, 1.82) is 0 Å².